The summed E-state index contributed by atoms with van der Waals surface area (Å²) in [4.78, 5) is 42.0. The average Bonchev–Trinajstić information content (AvgIpc) is 3.10. The monoisotopic (exact) mass is 748 g/mol. The molecule has 0 saturated heterocycles. The van der Waals surface area contributed by atoms with E-state index >= 15 is 0 Å². The quantitative estimate of drug-likeness (QED) is 0.0992. The molecular weight excluding hydrogens is 721 g/mol. The first-order chi connectivity index (χ1) is 23.9. The SMILES string of the molecule is C#CCOC(=O)C(C)Oc1ccc(Oc2ncc(Cl)cc2F)cc1.COC(=O)CSC(=O)C(C)Oc1ccc(Oc2ncc(Cl)cc2F)cc1. The van der Waals surface area contributed by atoms with E-state index in [0.717, 1.165) is 23.9 Å². The first kappa shape index (κ1) is 39.3. The van der Waals surface area contributed by atoms with E-state index in [1.165, 1.54) is 26.4 Å². The van der Waals surface area contributed by atoms with Crippen LogP contribution in [-0.2, 0) is 23.9 Å². The van der Waals surface area contributed by atoms with E-state index in [-0.39, 0.29) is 39.3 Å². The van der Waals surface area contributed by atoms with Crippen LogP contribution in [0.3, 0.4) is 0 Å². The van der Waals surface area contributed by atoms with Crippen molar-refractivity contribution in [2.24, 2.45) is 0 Å². The lowest BCUT2D eigenvalue weighted by molar-refractivity contribution is -0.149. The molecule has 2 aromatic heterocycles. The van der Waals surface area contributed by atoms with Crippen LogP contribution in [-0.4, -0.2) is 58.7 Å². The summed E-state index contributed by atoms with van der Waals surface area (Å²) in [5.74, 6) is 0.831. The third kappa shape index (κ3) is 13.1. The van der Waals surface area contributed by atoms with Crippen LogP contribution < -0.4 is 18.9 Å². The Balaban J connectivity index is 0.000000271. The van der Waals surface area contributed by atoms with Gasteiger partial charge in [0.1, 0.15) is 23.0 Å². The van der Waals surface area contributed by atoms with Gasteiger partial charge in [0, 0.05) is 12.4 Å². The maximum atomic E-state index is 13.7. The zero-order chi connectivity index (χ0) is 36.6. The molecule has 0 aliphatic rings. The van der Waals surface area contributed by atoms with Crippen molar-refractivity contribution in [3.8, 4) is 47.1 Å². The van der Waals surface area contributed by atoms with Gasteiger partial charge in [-0.25, -0.2) is 23.5 Å². The van der Waals surface area contributed by atoms with E-state index in [9.17, 15) is 23.2 Å². The molecule has 0 N–H and O–H groups in total. The van der Waals surface area contributed by atoms with Crippen molar-refractivity contribution in [1.29, 1.82) is 0 Å². The lowest BCUT2D eigenvalue weighted by atomic mass is 10.3. The number of rotatable bonds is 13. The molecule has 0 saturated carbocycles. The van der Waals surface area contributed by atoms with Crippen LogP contribution in [0.5, 0.6) is 34.8 Å². The van der Waals surface area contributed by atoms with Crippen molar-refractivity contribution in [3.05, 3.63) is 94.7 Å². The zero-order valence-corrected chi connectivity index (χ0v) is 28.9. The zero-order valence-electron chi connectivity index (χ0n) is 26.6. The van der Waals surface area contributed by atoms with Gasteiger partial charge in [0.05, 0.1) is 22.9 Å². The van der Waals surface area contributed by atoms with Gasteiger partial charge in [0.25, 0.3) is 11.8 Å². The number of ether oxygens (including phenoxy) is 6. The number of pyridine rings is 2. The first-order valence-corrected chi connectivity index (χ1v) is 16.0. The van der Waals surface area contributed by atoms with E-state index in [4.69, 9.17) is 53.3 Å². The maximum Gasteiger partial charge on any atom is 0.347 e. The molecule has 50 heavy (non-hydrogen) atoms. The van der Waals surface area contributed by atoms with Crippen molar-refractivity contribution in [3.63, 3.8) is 0 Å². The van der Waals surface area contributed by atoms with Crippen LogP contribution in [0.2, 0.25) is 10.0 Å². The number of methoxy groups -OCH3 is 1. The molecule has 11 nitrogen and oxygen atoms in total. The van der Waals surface area contributed by atoms with Gasteiger partial charge >= 0.3 is 11.9 Å². The Kier molecular flexibility index (Phi) is 15.6. The Bertz CT molecular complexity index is 1810. The summed E-state index contributed by atoms with van der Waals surface area (Å²) in [5.41, 5.74) is 0. The molecule has 2 heterocycles. The van der Waals surface area contributed by atoms with Crippen LogP contribution in [0.4, 0.5) is 8.78 Å². The number of carbonyl (C=O) groups is 3. The molecule has 2 unspecified atom stereocenters. The Morgan fingerprint density at radius 2 is 1.24 bits per heavy atom. The molecule has 16 heteroatoms. The minimum Gasteiger partial charge on any atom is -0.482 e. The van der Waals surface area contributed by atoms with Crippen LogP contribution in [0.15, 0.2) is 73.1 Å². The highest BCUT2D eigenvalue weighted by Gasteiger charge is 2.18. The molecule has 2 aromatic carbocycles. The van der Waals surface area contributed by atoms with E-state index in [0.29, 0.717) is 23.0 Å². The summed E-state index contributed by atoms with van der Waals surface area (Å²) >= 11 is 12.1. The molecule has 0 bridgehead atoms. The second kappa shape index (κ2) is 19.8. The van der Waals surface area contributed by atoms with E-state index in [1.54, 1.807) is 55.5 Å². The van der Waals surface area contributed by atoms with Crippen molar-refractivity contribution in [2.45, 2.75) is 26.1 Å². The molecular formula is C34H28Cl2F2N2O9S. The molecule has 0 aliphatic carbocycles. The number of terminal acetylenes is 1. The normalized spacial score (nSPS) is 11.4. The number of carbonyl (C=O) groups excluding carboxylic acids is 3. The highest BCUT2D eigenvalue weighted by Crippen LogP contribution is 2.28. The van der Waals surface area contributed by atoms with Crippen LogP contribution in [0.25, 0.3) is 0 Å². The standard InChI is InChI=1S/C17H15ClFNO5S.C17H13ClFNO4/c1-10(17(22)26-9-15(21)23-2)24-12-3-5-13(6-4-12)25-16-14(19)7-11(18)8-20-16;1-3-8-22-17(21)11(2)23-13-4-6-14(7-5-13)24-16-15(19)9-12(18)10-20-16/h3-8,10H,9H2,1-2H3;1,4-7,9-11H,8H2,2H3. The maximum absolute atomic E-state index is 13.7. The summed E-state index contributed by atoms with van der Waals surface area (Å²) in [7, 11) is 1.25. The number of thioether (sulfide) groups is 1. The van der Waals surface area contributed by atoms with Gasteiger partial charge < -0.3 is 28.4 Å². The summed E-state index contributed by atoms with van der Waals surface area (Å²) in [5, 5.41) is 0.0415. The third-order valence-electron chi connectivity index (χ3n) is 5.77. The molecule has 4 rings (SSSR count). The fourth-order valence-corrected chi connectivity index (χ4v) is 4.34. The summed E-state index contributed by atoms with van der Waals surface area (Å²) < 4.78 is 58.1. The van der Waals surface area contributed by atoms with Crippen LogP contribution in [0, 0.1) is 24.0 Å². The average molecular weight is 750 g/mol. The third-order valence-corrected chi connectivity index (χ3v) is 7.18. The Morgan fingerprint density at radius 1 is 0.800 bits per heavy atom. The van der Waals surface area contributed by atoms with Gasteiger partial charge in [-0.2, -0.15) is 0 Å². The number of hydrogen-bond donors (Lipinski definition) is 0. The van der Waals surface area contributed by atoms with Crippen molar-refractivity contribution >= 4 is 52.0 Å². The number of nitrogens with zero attached hydrogens (tertiary/aromatic N) is 2. The Labute approximate surface area is 300 Å². The minimum atomic E-state index is -0.819. The van der Waals surface area contributed by atoms with E-state index < -0.39 is 35.8 Å². The molecule has 4 aromatic rings. The molecule has 0 radical (unpaired) electrons. The largest absolute Gasteiger partial charge is 0.482 e. The molecule has 0 spiro atoms. The van der Waals surface area contributed by atoms with Gasteiger partial charge in [-0.1, -0.05) is 40.9 Å². The summed E-state index contributed by atoms with van der Waals surface area (Å²) in [6.07, 6.45) is 5.98. The van der Waals surface area contributed by atoms with Crippen LogP contribution >= 0.6 is 35.0 Å². The van der Waals surface area contributed by atoms with Gasteiger partial charge in [-0.15, -0.1) is 6.42 Å². The predicted molar refractivity (Wildman–Crippen MR) is 181 cm³/mol. The van der Waals surface area contributed by atoms with E-state index in [1.807, 2.05) is 0 Å². The van der Waals surface area contributed by atoms with Crippen LogP contribution in [0.1, 0.15) is 13.8 Å². The van der Waals surface area contributed by atoms with E-state index in [2.05, 4.69) is 20.6 Å². The second-order valence-corrected chi connectivity index (χ2v) is 11.4. The van der Waals surface area contributed by atoms with Gasteiger partial charge in [-0.05, 0) is 74.5 Å². The van der Waals surface area contributed by atoms with Gasteiger partial charge in [-0.3, -0.25) is 9.59 Å². The molecule has 0 fully saturated rings. The lowest BCUT2D eigenvalue weighted by Crippen LogP contribution is -2.26. The lowest BCUT2D eigenvalue weighted by Gasteiger charge is -2.13. The van der Waals surface area contributed by atoms with Crippen molar-refractivity contribution in [2.75, 3.05) is 19.5 Å². The smallest absolute Gasteiger partial charge is 0.347 e. The number of hydrogen-bond acceptors (Lipinski definition) is 12. The molecule has 262 valence electrons. The van der Waals surface area contributed by atoms with Crippen molar-refractivity contribution < 1.29 is 51.6 Å². The van der Waals surface area contributed by atoms with Gasteiger partial charge in [0.2, 0.25) is 5.12 Å². The number of aromatic nitrogens is 2. The minimum absolute atomic E-state index is 0.0739. The number of halogens is 4. The number of esters is 2. The number of benzene rings is 2. The Morgan fingerprint density at radius 3 is 1.66 bits per heavy atom. The Hall–Kier alpha value is -5.10. The van der Waals surface area contributed by atoms with Crippen molar-refractivity contribution in [1.82, 2.24) is 9.97 Å². The molecule has 0 aliphatic heterocycles. The highest BCUT2D eigenvalue weighted by molar-refractivity contribution is 8.14. The topological polar surface area (TPSA) is 132 Å². The summed E-state index contributed by atoms with van der Waals surface area (Å²) in [6, 6.07) is 14.6. The highest BCUT2D eigenvalue weighted by atomic mass is 35.5. The molecule has 0 amide bonds. The van der Waals surface area contributed by atoms with Gasteiger partial charge in [0.15, 0.2) is 30.4 Å². The fourth-order valence-electron chi connectivity index (χ4n) is 3.39. The second-order valence-electron chi connectivity index (χ2n) is 9.54. The first-order valence-electron chi connectivity index (χ1n) is 14.2. The molecule has 2 atom stereocenters. The predicted octanol–water partition coefficient (Wildman–Crippen LogP) is 7.48. The fraction of sp³-hybridized carbons (Fsp3) is 0.206. The summed E-state index contributed by atoms with van der Waals surface area (Å²) in [6.45, 7) is 3.00.